The molecule has 5 nitrogen and oxygen atoms in total. The Labute approximate surface area is 126 Å². The van der Waals surface area contributed by atoms with E-state index in [9.17, 15) is 5.11 Å². The van der Waals surface area contributed by atoms with Crippen LogP contribution in [0.25, 0.3) is 0 Å². The molecule has 0 amide bonds. The fraction of sp³-hybridized carbons (Fsp3) is 0.625. The van der Waals surface area contributed by atoms with Gasteiger partial charge < -0.3 is 24.6 Å². The number of aliphatic hydroxyl groups excluding tert-OH is 1. The second-order valence-electron chi connectivity index (χ2n) is 6.04. The predicted molar refractivity (Wildman–Crippen MR) is 81.1 cm³/mol. The molecule has 0 aromatic heterocycles. The van der Waals surface area contributed by atoms with Crippen LogP contribution in [-0.2, 0) is 6.54 Å². The summed E-state index contributed by atoms with van der Waals surface area (Å²) in [5, 5.41) is 13.3. The van der Waals surface area contributed by atoms with Gasteiger partial charge in [0.1, 0.15) is 0 Å². The molecule has 2 atom stereocenters. The molecule has 0 heterocycles. The van der Waals surface area contributed by atoms with Crippen LogP contribution >= 0.6 is 0 Å². The summed E-state index contributed by atoms with van der Waals surface area (Å²) >= 11 is 0. The molecule has 0 bridgehead atoms. The smallest absolute Gasteiger partial charge is 0.203 e. The Balaban J connectivity index is 2.10. The zero-order valence-electron chi connectivity index (χ0n) is 13.4. The van der Waals surface area contributed by atoms with Crippen molar-refractivity contribution in [1.82, 2.24) is 5.32 Å². The van der Waals surface area contributed by atoms with Crippen LogP contribution in [0.4, 0.5) is 0 Å². The molecule has 1 aliphatic rings. The molecule has 2 N–H and O–H groups in total. The third-order valence-electron chi connectivity index (χ3n) is 4.49. The van der Waals surface area contributed by atoms with Gasteiger partial charge in [0.25, 0.3) is 0 Å². The number of rotatable bonds is 6. The highest BCUT2D eigenvalue weighted by molar-refractivity contribution is 5.53. The predicted octanol–water partition coefficient (Wildman–Crippen LogP) is 1.96. The average Bonchev–Trinajstić information content (AvgIpc) is 2.49. The first-order valence-electron chi connectivity index (χ1n) is 7.14. The van der Waals surface area contributed by atoms with E-state index >= 15 is 0 Å². The summed E-state index contributed by atoms with van der Waals surface area (Å²) < 4.78 is 16.0. The number of aliphatic hydroxyl groups is 1. The Morgan fingerprint density at radius 3 is 2.10 bits per heavy atom. The first kappa shape index (κ1) is 15.9. The van der Waals surface area contributed by atoms with Crippen LogP contribution in [0.2, 0.25) is 0 Å². The van der Waals surface area contributed by atoms with Crippen LogP contribution in [0.3, 0.4) is 0 Å². The van der Waals surface area contributed by atoms with Crippen molar-refractivity contribution in [2.75, 3.05) is 21.3 Å². The molecule has 0 saturated heterocycles. The minimum absolute atomic E-state index is 0.0827. The Morgan fingerprint density at radius 2 is 1.71 bits per heavy atom. The highest BCUT2D eigenvalue weighted by Gasteiger charge is 2.46. The molecular weight excluding hydrogens is 270 g/mol. The summed E-state index contributed by atoms with van der Waals surface area (Å²) in [5.41, 5.74) is 0.974. The Morgan fingerprint density at radius 1 is 1.14 bits per heavy atom. The van der Waals surface area contributed by atoms with Crippen molar-refractivity contribution in [2.45, 2.75) is 39.0 Å². The molecule has 118 valence electrons. The minimum Gasteiger partial charge on any atom is -0.493 e. The molecule has 5 heteroatoms. The van der Waals surface area contributed by atoms with Gasteiger partial charge in [-0.25, -0.2) is 0 Å². The van der Waals surface area contributed by atoms with Crippen LogP contribution in [0, 0.1) is 5.41 Å². The quantitative estimate of drug-likeness (QED) is 0.840. The largest absolute Gasteiger partial charge is 0.493 e. The molecule has 1 aromatic rings. The number of hydrogen-bond acceptors (Lipinski definition) is 5. The van der Waals surface area contributed by atoms with Crippen molar-refractivity contribution in [3.8, 4) is 17.2 Å². The lowest BCUT2D eigenvalue weighted by molar-refractivity contribution is -0.0729. The van der Waals surface area contributed by atoms with Gasteiger partial charge in [-0.1, -0.05) is 13.8 Å². The SMILES string of the molecule is COc1cc(CNC2CC(O)C2(C)C)cc(OC)c1OC. The van der Waals surface area contributed by atoms with Crippen molar-refractivity contribution in [1.29, 1.82) is 0 Å². The van der Waals surface area contributed by atoms with Gasteiger partial charge in [0.2, 0.25) is 5.75 Å². The van der Waals surface area contributed by atoms with E-state index in [2.05, 4.69) is 19.2 Å². The van der Waals surface area contributed by atoms with E-state index in [0.717, 1.165) is 12.0 Å². The van der Waals surface area contributed by atoms with Crippen molar-refractivity contribution in [2.24, 2.45) is 5.41 Å². The first-order chi connectivity index (χ1) is 9.93. The summed E-state index contributed by atoms with van der Waals surface area (Å²) in [4.78, 5) is 0. The maximum atomic E-state index is 9.78. The molecule has 0 radical (unpaired) electrons. The van der Waals surface area contributed by atoms with Crippen molar-refractivity contribution < 1.29 is 19.3 Å². The molecule has 2 unspecified atom stereocenters. The van der Waals surface area contributed by atoms with E-state index in [1.807, 2.05) is 12.1 Å². The molecule has 0 spiro atoms. The number of methoxy groups -OCH3 is 3. The Kier molecular flexibility index (Phi) is 4.64. The Bertz CT molecular complexity index is 476. The summed E-state index contributed by atoms with van der Waals surface area (Å²) in [6.45, 7) is 4.85. The van der Waals surface area contributed by atoms with Gasteiger partial charge in [0.15, 0.2) is 11.5 Å². The monoisotopic (exact) mass is 295 g/mol. The van der Waals surface area contributed by atoms with Crippen LogP contribution in [0.5, 0.6) is 17.2 Å². The summed E-state index contributed by atoms with van der Waals surface area (Å²) in [6, 6.07) is 4.19. The first-order valence-corrected chi connectivity index (χ1v) is 7.14. The Hall–Kier alpha value is -1.46. The number of ether oxygens (including phenoxy) is 3. The lowest BCUT2D eigenvalue weighted by atomic mass is 9.64. The fourth-order valence-electron chi connectivity index (χ4n) is 2.73. The van der Waals surface area contributed by atoms with Gasteiger partial charge >= 0.3 is 0 Å². The van der Waals surface area contributed by atoms with Gasteiger partial charge in [-0.15, -0.1) is 0 Å². The molecule has 1 saturated carbocycles. The molecule has 2 rings (SSSR count). The third kappa shape index (κ3) is 2.94. The van der Waals surface area contributed by atoms with E-state index in [4.69, 9.17) is 14.2 Å². The van der Waals surface area contributed by atoms with E-state index in [1.165, 1.54) is 0 Å². The maximum Gasteiger partial charge on any atom is 0.203 e. The number of nitrogens with one attached hydrogen (secondary N) is 1. The normalized spacial score (nSPS) is 23.3. The van der Waals surface area contributed by atoms with Crippen LogP contribution in [0.1, 0.15) is 25.8 Å². The fourth-order valence-corrected chi connectivity index (χ4v) is 2.73. The van der Waals surface area contributed by atoms with Crippen molar-refractivity contribution >= 4 is 0 Å². The summed E-state index contributed by atoms with van der Waals surface area (Å²) in [7, 11) is 4.82. The van der Waals surface area contributed by atoms with Gasteiger partial charge in [0.05, 0.1) is 27.4 Å². The second kappa shape index (κ2) is 6.12. The van der Waals surface area contributed by atoms with Crippen LogP contribution in [-0.4, -0.2) is 38.6 Å². The van der Waals surface area contributed by atoms with Crippen molar-refractivity contribution in [3.05, 3.63) is 17.7 Å². The van der Waals surface area contributed by atoms with E-state index in [1.54, 1.807) is 21.3 Å². The molecule has 1 aliphatic carbocycles. The molecular formula is C16H25NO4. The number of hydrogen-bond donors (Lipinski definition) is 2. The van der Waals surface area contributed by atoms with E-state index in [0.29, 0.717) is 29.8 Å². The van der Waals surface area contributed by atoms with Gasteiger partial charge in [-0.2, -0.15) is 0 Å². The molecule has 21 heavy (non-hydrogen) atoms. The van der Waals surface area contributed by atoms with Gasteiger partial charge in [0, 0.05) is 18.0 Å². The van der Waals surface area contributed by atoms with E-state index in [-0.39, 0.29) is 11.5 Å². The average molecular weight is 295 g/mol. The molecule has 1 fully saturated rings. The maximum absolute atomic E-state index is 9.78. The van der Waals surface area contributed by atoms with Crippen LogP contribution < -0.4 is 19.5 Å². The summed E-state index contributed by atoms with van der Waals surface area (Å²) in [5.74, 6) is 1.91. The topological polar surface area (TPSA) is 60.0 Å². The van der Waals surface area contributed by atoms with Gasteiger partial charge in [-0.05, 0) is 24.1 Å². The third-order valence-corrected chi connectivity index (χ3v) is 4.49. The van der Waals surface area contributed by atoms with Crippen LogP contribution in [0.15, 0.2) is 12.1 Å². The second-order valence-corrected chi connectivity index (χ2v) is 6.04. The summed E-state index contributed by atoms with van der Waals surface area (Å²) in [6.07, 6.45) is 0.562. The zero-order valence-corrected chi connectivity index (χ0v) is 13.4. The van der Waals surface area contributed by atoms with E-state index < -0.39 is 0 Å². The molecule has 1 aromatic carbocycles. The minimum atomic E-state index is -0.227. The lowest BCUT2D eigenvalue weighted by Gasteiger charge is -2.49. The highest BCUT2D eigenvalue weighted by Crippen LogP contribution is 2.41. The zero-order chi connectivity index (χ0) is 15.6. The molecule has 0 aliphatic heterocycles. The van der Waals surface area contributed by atoms with Crippen molar-refractivity contribution in [3.63, 3.8) is 0 Å². The lowest BCUT2D eigenvalue weighted by Crippen LogP contribution is -2.59. The highest BCUT2D eigenvalue weighted by atomic mass is 16.5. The number of benzene rings is 1. The van der Waals surface area contributed by atoms with Gasteiger partial charge in [-0.3, -0.25) is 0 Å². The standard InChI is InChI=1S/C16H25NO4/c1-16(2)13(8-14(16)18)17-9-10-6-11(19-3)15(21-5)12(7-10)20-4/h6-7,13-14,17-18H,8-9H2,1-5H3.